The quantitative estimate of drug-likeness (QED) is 0.831. The third-order valence-electron chi connectivity index (χ3n) is 5.23. The molecule has 24 heavy (non-hydrogen) atoms. The maximum Gasteiger partial charge on any atom is 0.225 e. The molecule has 3 rings (SSSR count). The highest BCUT2D eigenvalue weighted by atomic mass is 16.5. The first-order valence-corrected chi connectivity index (χ1v) is 8.94. The zero-order valence-electron chi connectivity index (χ0n) is 14.8. The number of hydrogen-bond acceptors (Lipinski definition) is 4. The fourth-order valence-corrected chi connectivity index (χ4v) is 3.85. The lowest BCUT2D eigenvalue weighted by molar-refractivity contribution is -0.136. The van der Waals surface area contributed by atoms with E-state index in [2.05, 4.69) is 15.9 Å². The summed E-state index contributed by atoms with van der Waals surface area (Å²) in [5.41, 5.74) is 1.14. The maximum atomic E-state index is 12.5. The van der Waals surface area contributed by atoms with Crippen molar-refractivity contribution in [3.63, 3.8) is 0 Å². The summed E-state index contributed by atoms with van der Waals surface area (Å²) >= 11 is 0. The second-order valence-electron chi connectivity index (χ2n) is 6.74. The van der Waals surface area contributed by atoms with Crippen LogP contribution in [0, 0.1) is 5.92 Å². The van der Waals surface area contributed by atoms with Gasteiger partial charge < -0.3 is 14.4 Å². The van der Waals surface area contributed by atoms with Crippen LogP contribution in [0.2, 0.25) is 0 Å². The van der Waals surface area contributed by atoms with Crippen molar-refractivity contribution in [3.8, 4) is 11.5 Å². The topological polar surface area (TPSA) is 42.0 Å². The van der Waals surface area contributed by atoms with E-state index in [4.69, 9.17) is 9.47 Å². The Kier molecular flexibility index (Phi) is 5.61. The van der Waals surface area contributed by atoms with E-state index in [9.17, 15) is 4.79 Å². The van der Waals surface area contributed by atoms with Crippen LogP contribution in [0.25, 0.3) is 0 Å². The monoisotopic (exact) mass is 332 g/mol. The number of rotatable bonds is 5. The number of carbonyl (C=O) groups is 1. The minimum Gasteiger partial charge on any atom is -0.493 e. The van der Waals surface area contributed by atoms with Crippen molar-refractivity contribution in [2.24, 2.45) is 5.92 Å². The van der Waals surface area contributed by atoms with Gasteiger partial charge in [-0.25, -0.2) is 0 Å². The highest BCUT2D eigenvalue weighted by Gasteiger charge is 2.30. The summed E-state index contributed by atoms with van der Waals surface area (Å²) in [5.74, 6) is 2.18. The van der Waals surface area contributed by atoms with Crippen LogP contribution < -0.4 is 9.47 Å². The Morgan fingerprint density at radius 1 is 1.08 bits per heavy atom. The lowest BCUT2D eigenvalue weighted by atomic mass is 9.95. The zero-order chi connectivity index (χ0) is 16.9. The fourth-order valence-electron chi connectivity index (χ4n) is 3.85. The number of likely N-dealkylation sites (tertiary alicyclic amines) is 2. The number of piperidine rings is 1. The van der Waals surface area contributed by atoms with Gasteiger partial charge in [0, 0.05) is 31.1 Å². The first-order chi connectivity index (χ1) is 11.7. The van der Waals surface area contributed by atoms with E-state index in [1.807, 2.05) is 12.1 Å². The van der Waals surface area contributed by atoms with Crippen LogP contribution in [0.5, 0.6) is 11.5 Å². The van der Waals surface area contributed by atoms with Gasteiger partial charge in [-0.3, -0.25) is 9.69 Å². The molecule has 0 N–H and O–H groups in total. The first-order valence-electron chi connectivity index (χ1n) is 8.94. The molecule has 0 spiro atoms. The van der Waals surface area contributed by atoms with Crippen LogP contribution in [0.3, 0.4) is 0 Å². The lowest BCUT2D eigenvalue weighted by Gasteiger charge is -2.33. The van der Waals surface area contributed by atoms with Gasteiger partial charge in [-0.1, -0.05) is 12.1 Å². The number of ether oxygens (including phenoxy) is 2. The summed E-state index contributed by atoms with van der Waals surface area (Å²) in [5, 5.41) is 0. The Bertz CT molecular complexity index is 562. The Balaban J connectivity index is 1.57. The second kappa shape index (κ2) is 7.88. The number of hydrogen-bond donors (Lipinski definition) is 0. The summed E-state index contributed by atoms with van der Waals surface area (Å²) in [7, 11) is 3.35. The molecule has 2 heterocycles. The van der Waals surface area contributed by atoms with Gasteiger partial charge in [-0.15, -0.1) is 0 Å². The molecule has 2 fully saturated rings. The van der Waals surface area contributed by atoms with Crippen LogP contribution in [-0.4, -0.2) is 56.1 Å². The fraction of sp³-hybridized carbons (Fsp3) is 0.632. The van der Waals surface area contributed by atoms with Crippen molar-refractivity contribution >= 4 is 5.91 Å². The minimum atomic E-state index is 0.214. The molecule has 2 aliphatic heterocycles. The maximum absolute atomic E-state index is 12.5. The summed E-state index contributed by atoms with van der Waals surface area (Å²) < 4.78 is 10.9. The molecule has 2 saturated heterocycles. The number of para-hydroxylation sites is 1. The zero-order valence-corrected chi connectivity index (χ0v) is 14.8. The standard InChI is InChI=1S/C19H28N2O3/c1-23-17-7-5-6-16(18(17)24-2)14-20-12-8-15(9-13-20)19(22)21-10-3-4-11-21/h5-7,15H,3-4,8-14H2,1-2H3. The Hall–Kier alpha value is -1.75. The number of carbonyl (C=O) groups excluding carboxylic acids is 1. The molecule has 2 aliphatic rings. The molecule has 132 valence electrons. The van der Waals surface area contributed by atoms with Gasteiger partial charge in [0.1, 0.15) is 0 Å². The van der Waals surface area contributed by atoms with Gasteiger partial charge in [-0.2, -0.15) is 0 Å². The molecule has 1 aromatic rings. The molecule has 0 aliphatic carbocycles. The minimum absolute atomic E-state index is 0.214. The third-order valence-corrected chi connectivity index (χ3v) is 5.23. The highest BCUT2D eigenvalue weighted by molar-refractivity contribution is 5.79. The molecule has 1 aromatic carbocycles. The van der Waals surface area contributed by atoms with E-state index in [-0.39, 0.29) is 5.92 Å². The third kappa shape index (κ3) is 3.66. The van der Waals surface area contributed by atoms with Gasteiger partial charge >= 0.3 is 0 Å². The second-order valence-corrected chi connectivity index (χ2v) is 6.74. The van der Waals surface area contributed by atoms with Crippen LogP contribution in [0.15, 0.2) is 18.2 Å². The van der Waals surface area contributed by atoms with Crippen molar-refractivity contribution in [1.29, 1.82) is 0 Å². The van der Waals surface area contributed by atoms with E-state index in [0.29, 0.717) is 5.91 Å². The Labute approximate surface area is 144 Å². The van der Waals surface area contributed by atoms with Gasteiger partial charge in [0.05, 0.1) is 14.2 Å². The predicted octanol–water partition coefficient (Wildman–Crippen LogP) is 2.54. The first kappa shape index (κ1) is 17.1. The normalized spacial score (nSPS) is 19.5. The molecular weight excluding hydrogens is 304 g/mol. The molecule has 5 nitrogen and oxygen atoms in total. The lowest BCUT2D eigenvalue weighted by Crippen LogP contribution is -2.41. The molecule has 0 bridgehead atoms. The van der Waals surface area contributed by atoms with Crippen molar-refractivity contribution in [3.05, 3.63) is 23.8 Å². The number of nitrogens with zero attached hydrogens (tertiary/aromatic N) is 2. The van der Waals surface area contributed by atoms with Crippen molar-refractivity contribution in [2.75, 3.05) is 40.4 Å². The van der Waals surface area contributed by atoms with Crippen molar-refractivity contribution in [1.82, 2.24) is 9.80 Å². The number of amides is 1. The van der Waals surface area contributed by atoms with E-state index >= 15 is 0 Å². The summed E-state index contributed by atoms with van der Waals surface area (Å²) in [6, 6.07) is 6.01. The molecule has 0 unspecified atom stereocenters. The van der Waals surface area contributed by atoms with Crippen molar-refractivity contribution in [2.45, 2.75) is 32.2 Å². The van der Waals surface area contributed by atoms with E-state index in [1.165, 1.54) is 12.8 Å². The molecular formula is C19H28N2O3. The summed E-state index contributed by atoms with van der Waals surface area (Å²) in [6.07, 6.45) is 4.25. The van der Waals surface area contributed by atoms with Gasteiger partial charge in [-0.05, 0) is 44.8 Å². The summed E-state index contributed by atoms with van der Waals surface area (Å²) in [4.78, 5) is 17.0. The van der Waals surface area contributed by atoms with Gasteiger partial charge in [0.25, 0.3) is 0 Å². The number of benzene rings is 1. The largest absolute Gasteiger partial charge is 0.493 e. The van der Waals surface area contributed by atoms with Crippen LogP contribution in [-0.2, 0) is 11.3 Å². The smallest absolute Gasteiger partial charge is 0.225 e. The Morgan fingerprint density at radius 2 is 1.79 bits per heavy atom. The molecule has 0 radical (unpaired) electrons. The number of methoxy groups -OCH3 is 2. The molecule has 0 aromatic heterocycles. The van der Waals surface area contributed by atoms with Gasteiger partial charge in [0.2, 0.25) is 5.91 Å². The Morgan fingerprint density at radius 3 is 2.42 bits per heavy atom. The average Bonchev–Trinajstić information content (AvgIpc) is 3.16. The average molecular weight is 332 g/mol. The van der Waals surface area contributed by atoms with Crippen molar-refractivity contribution < 1.29 is 14.3 Å². The summed E-state index contributed by atoms with van der Waals surface area (Å²) in [6.45, 7) is 4.68. The predicted molar refractivity (Wildman–Crippen MR) is 93.4 cm³/mol. The highest BCUT2D eigenvalue weighted by Crippen LogP contribution is 2.32. The van der Waals surface area contributed by atoms with Gasteiger partial charge in [0.15, 0.2) is 11.5 Å². The molecule has 0 saturated carbocycles. The molecule has 1 amide bonds. The van der Waals surface area contributed by atoms with E-state index in [1.54, 1.807) is 14.2 Å². The van der Waals surface area contributed by atoms with E-state index < -0.39 is 0 Å². The van der Waals surface area contributed by atoms with Crippen LogP contribution in [0.4, 0.5) is 0 Å². The van der Waals surface area contributed by atoms with Crippen LogP contribution >= 0.6 is 0 Å². The van der Waals surface area contributed by atoms with Crippen LogP contribution in [0.1, 0.15) is 31.2 Å². The molecule has 5 heteroatoms. The SMILES string of the molecule is COc1cccc(CN2CCC(C(=O)N3CCCC3)CC2)c1OC. The van der Waals surface area contributed by atoms with E-state index in [0.717, 1.165) is 62.6 Å². The molecule has 0 atom stereocenters.